The fraction of sp³-hybridized carbons (Fsp3) is 0.345. The third kappa shape index (κ3) is 4.05. The molecule has 1 amide bonds. The first-order valence-electron chi connectivity index (χ1n) is 13.0. The highest BCUT2D eigenvalue weighted by atomic mass is 19.1. The number of hydrogen-bond donors (Lipinski definition) is 2. The maximum atomic E-state index is 15.0. The van der Waals surface area contributed by atoms with Crippen LogP contribution in [0.4, 0.5) is 10.1 Å². The van der Waals surface area contributed by atoms with Gasteiger partial charge in [0.2, 0.25) is 0 Å². The molecule has 2 aliphatic heterocycles. The first kappa shape index (κ1) is 22.4. The maximum Gasteiger partial charge on any atom is 0.254 e. The summed E-state index contributed by atoms with van der Waals surface area (Å²) in [5.74, 6) is -0.684. The molecule has 8 heteroatoms. The molecule has 3 atom stereocenters. The average Bonchev–Trinajstić information content (AvgIpc) is 3.64. The topological polar surface area (TPSA) is 83.1 Å². The third-order valence-corrected chi connectivity index (χ3v) is 7.96. The van der Waals surface area contributed by atoms with Crippen molar-refractivity contribution < 1.29 is 13.9 Å². The van der Waals surface area contributed by atoms with Crippen LogP contribution in [0.3, 0.4) is 0 Å². The molecule has 4 aromatic rings. The lowest BCUT2D eigenvalue weighted by Gasteiger charge is -2.36. The summed E-state index contributed by atoms with van der Waals surface area (Å²) in [6.07, 6.45) is 6.09. The second kappa shape index (κ2) is 8.95. The predicted octanol–water partition coefficient (Wildman–Crippen LogP) is 5.01. The van der Waals surface area contributed by atoms with E-state index in [2.05, 4.69) is 37.5 Å². The Labute approximate surface area is 214 Å². The molecular weight excluding hydrogens is 469 g/mol. The predicted molar refractivity (Wildman–Crippen MR) is 139 cm³/mol. The molecule has 0 spiro atoms. The normalized spacial score (nSPS) is 21.8. The first-order valence-corrected chi connectivity index (χ1v) is 13.0. The number of H-pyrrole nitrogens is 1. The molecule has 2 N–H and O–H groups in total. The van der Waals surface area contributed by atoms with Crippen LogP contribution in [0.25, 0.3) is 22.2 Å². The van der Waals surface area contributed by atoms with Crippen molar-refractivity contribution in [1.82, 2.24) is 20.5 Å². The van der Waals surface area contributed by atoms with Gasteiger partial charge in [0.25, 0.3) is 5.91 Å². The van der Waals surface area contributed by atoms with Crippen molar-refractivity contribution in [3.63, 3.8) is 0 Å². The van der Waals surface area contributed by atoms with Crippen molar-refractivity contribution in [2.24, 2.45) is 5.92 Å². The zero-order valence-electron chi connectivity index (χ0n) is 20.4. The lowest BCUT2D eigenvalue weighted by Crippen LogP contribution is -2.45. The van der Waals surface area contributed by atoms with Crippen molar-refractivity contribution in [2.75, 3.05) is 18.1 Å². The van der Waals surface area contributed by atoms with E-state index in [1.807, 2.05) is 30.3 Å². The summed E-state index contributed by atoms with van der Waals surface area (Å²) in [6.45, 7) is 1.56. The average molecular weight is 498 g/mol. The SMILES string of the molecule is O=C(N[C@H](c1ccccn1)C1CC1)c1cc2c(-c3ccc(N4C5CCC4COC5)cc3)n[nH]c2cc1F. The lowest BCUT2D eigenvalue weighted by atomic mass is 10.0. The van der Waals surface area contributed by atoms with Gasteiger partial charge in [-0.05, 0) is 61.9 Å². The van der Waals surface area contributed by atoms with Crippen molar-refractivity contribution in [3.05, 3.63) is 77.9 Å². The number of amides is 1. The molecule has 37 heavy (non-hydrogen) atoms. The van der Waals surface area contributed by atoms with Gasteiger partial charge in [0.05, 0.1) is 53.8 Å². The monoisotopic (exact) mass is 497 g/mol. The zero-order valence-corrected chi connectivity index (χ0v) is 20.4. The molecule has 0 radical (unpaired) electrons. The van der Waals surface area contributed by atoms with E-state index in [9.17, 15) is 4.79 Å². The molecule has 2 bridgehead atoms. The summed E-state index contributed by atoms with van der Waals surface area (Å²) < 4.78 is 20.8. The number of anilines is 1. The van der Waals surface area contributed by atoms with E-state index in [4.69, 9.17) is 4.74 Å². The number of morpholine rings is 1. The van der Waals surface area contributed by atoms with E-state index in [0.29, 0.717) is 34.6 Å². The number of aromatic amines is 1. The van der Waals surface area contributed by atoms with Gasteiger partial charge in [0.1, 0.15) is 5.82 Å². The number of benzene rings is 2. The van der Waals surface area contributed by atoms with Crippen LogP contribution in [0.5, 0.6) is 0 Å². The highest BCUT2D eigenvalue weighted by Crippen LogP contribution is 2.41. The molecule has 2 aromatic heterocycles. The van der Waals surface area contributed by atoms with Crippen LogP contribution in [-0.4, -0.2) is 46.4 Å². The molecule has 3 fully saturated rings. The van der Waals surface area contributed by atoms with E-state index in [-0.39, 0.29) is 11.6 Å². The van der Waals surface area contributed by atoms with E-state index in [0.717, 1.165) is 50.2 Å². The summed E-state index contributed by atoms with van der Waals surface area (Å²) in [5.41, 5.74) is 4.17. The Morgan fingerprint density at radius 1 is 1.05 bits per heavy atom. The Morgan fingerprint density at radius 2 is 1.84 bits per heavy atom. The Balaban J connectivity index is 1.18. The number of ether oxygens (including phenoxy) is 1. The number of carbonyl (C=O) groups excluding carboxylic acids is 1. The van der Waals surface area contributed by atoms with Gasteiger partial charge in [-0.1, -0.05) is 18.2 Å². The minimum absolute atomic E-state index is 0.0123. The highest BCUT2D eigenvalue weighted by Gasteiger charge is 2.37. The number of nitrogens with zero attached hydrogens (tertiary/aromatic N) is 3. The molecule has 7 nitrogen and oxygen atoms in total. The summed E-state index contributed by atoms with van der Waals surface area (Å²) in [5, 5.41) is 11.2. The van der Waals surface area contributed by atoms with Crippen molar-refractivity contribution in [2.45, 2.75) is 43.8 Å². The summed E-state index contributed by atoms with van der Waals surface area (Å²) in [6, 6.07) is 17.6. The number of pyridine rings is 1. The molecular formula is C29H28FN5O2. The van der Waals surface area contributed by atoms with Crippen molar-refractivity contribution in [3.8, 4) is 11.3 Å². The standard InChI is InChI=1S/C29H28FN5O2/c30-24-14-26-23(13-22(24)29(36)32-28(18-4-5-18)25-3-1-2-12-31-25)27(34-33-26)17-6-8-19(9-7-17)35-20-10-11-21(35)16-37-15-20/h1-3,6-9,12-14,18,20-21,28H,4-5,10-11,15-16H2,(H,32,36)(H,33,34)/t20?,21?,28-/m0/s1. The van der Waals surface area contributed by atoms with E-state index < -0.39 is 11.7 Å². The van der Waals surface area contributed by atoms with Crippen molar-refractivity contribution >= 4 is 22.5 Å². The van der Waals surface area contributed by atoms with E-state index in [1.54, 1.807) is 12.3 Å². The Bertz CT molecular complexity index is 1430. The van der Waals surface area contributed by atoms with Crippen LogP contribution in [-0.2, 0) is 4.74 Å². The summed E-state index contributed by atoms with van der Waals surface area (Å²) >= 11 is 0. The van der Waals surface area contributed by atoms with Crippen LogP contribution in [0, 0.1) is 11.7 Å². The minimum atomic E-state index is -0.575. The second-order valence-corrected chi connectivity index (χ2v) is 10.4. The summed E-state index contributed by atoms with van der Waals surface area (Å²) in [7, 11) is 0. The Hall–Kier alpha value is -3.78. The third-order valence-electron chi connectivity index (χ3n) is 7.96. The molecule has 2 unspecified atom stereocenters. The second-order valence-electron chi connectivity index (χ2n) is 10.4. The minimum Gasteiger partial charge on any atom is -0.377 e. The molecule has 3 aliphatic rings. The van der Waals surface area contributed by atoms with Gasteiger partial charge < -0.3 is 15.0 Å². The van der Waals surface area contributed by atoms with Crippen LogP contribution in [0.15, 0.2) is 60.8 Å². The molecule has 2 aromatic carbocycles. The Kier molecular flexibility index (Phi) is 5.43. The molecule has 188 valence electrons. The van der Waals surface area contributed by atoms with Gasteiger partial charge in [-0.25, -0.2) is 4.39 Å². The maximum absolute atomic E-state index is 15.0. The van der Waals surface area contributed by atoms with Crippen LogP contribution in [0.2, 0.25) is 0 Å². The van der Waals surface area contributed by atoms with Crippen LogP contribution >= 0.6 is 0 Å². The van der Waals surface area contributed by atoms with Crippen LogP contribution in [0.1, 0.15) is 47.8 Å². The number of nitrogens with one attached hydrogen (secondary N) is 2. The Morgan fingerprint density at radius 3 is 2.54 bits per heavy atom. The molecule has 7 rings (SSSR count). The number of rotatable bonds is 6. The zero-order chi connectivity index (χ0) is 24.9. The number of halogens is 1. The van der Waals surface area contributed by atoms with Gasteiger partial charge >= 0.3 is 0 Å². The smallest absolute Gasteiger partial charge is 0.254 e. The van der Waals surface area contributed by atoms with Crippen molar-refractivity contribution in [1.29, 1.82) is 0 Å². The fourth-order valence-electron chi connectivity index (χ4n) is 5.92. The van der Waals surface area contributed by atoms with Gasteiger partial charge in [-0.15, -0.1) is 0 Å². The first-order chi connectivity index (χ1) is 18.2. The number of carbonyl (C=O) groups is 1. The van der Waals surface area contributed by atoms with Gasteiger partial charge in [-0.2, -0.15) is 5.10 Å². The van der Waals surface area contributed by atoms with Crippen LogP contribution < -0.4 is 10.2 Å². The van der Waals surface area contributed by atoms with E-state index >= 15 is 4.39 Å². The summed E-state index contributed by atoms with van der Waals surface area (Å²) in [4.78, 5) is 20.2. The molecule has 1 aliphatic carbocycles. The largest absolute Gasteiger partial charge is 0.377 e. The quantitative estimate of drug-likeness (QED) is 0.391. The molecule has 2 saturated heterocycles. The number of aromatic nitrogens is 3. The highest BCUT2D eigenvalue weighted by molar-refractivity contribution is 6.02. The van der Waals surface area contributed by atoms with Gasteiger partial charge in [0, 0.05) is 28.9 Å². The fourth-order valence-corrected chi connectivity index (χ4v) is 5.92. The van der Waals surface area contributed by atoms with E-state index in [1.165, 1.54) is 11.8 Å². The number of hydrogen-bond acceptors (Lipinski definition) is 5. The van der Waals surface area contributed by atoms with Gasteiger partial charge in [0.15, 0.2) is 0 Å². The lowest BCUT2D eigenvalue weighted by molar-refractivity contribution is 0.0906. The molecule has 4 heterocycles. The van der Waals surface area contributed by atoms with Gasteiger partial charge in [-0.3, -0.25) is 14.9 Å². The number of fused-ring (bicyclic) bond motifs is 3. The molecule has 1 saturated carbocycles.